The number of hydrogen-bond donors (Lipinski definition) is 0. The molecule has 0 atom stereocenters. The molecule has 0 nitrogen and oxygen atoms in total. The van der Waals surface area contributed by atoms with E-state index in [1.807, 2.05) is 0 Å². The van der Waals surface area contributed by atoms with Crippen LogP contribution >= 0.6 is 0 Å². The van der Waals surface area contributed by atoms with E-state index < -0.39 is 0 Å². The normalized spacial score (nSPS) is 11.7. The first kappa shape index (κ1) is 30.6. The Kier molecular flexibility index (Phi) is 6.97. The summed E-state index contributed by atoms with van der Waals surface area (Å²) in [4.78, 5) is 0. The molecule has 0 fully saturated rings. The molecular weight excluding hydrogens is 649 g/mol. The average molecular weight is 683 g/mol. The zero-order chi connectivity index (χ0) is 35.6. The molecule has 250 valence electrons. The first-order chi connectivity index (χ1) is 26.8. The summed E-state index contributed by atoms with van der Waals surface area (Å²) in [5.74, 6) is 0. The largest absolute Gasteiger partial charge is 0.0622 e. The highest BCUT2D eigenvalue weighted by Gasteiger charge is 2.22. The van der Waals surface area contributed by atoms with Crippen molar-refractivity contribution in [3.8, 4) is 55.6 Å². The van der Waals surface area contributed by atoms with Crippen LogP contribution in [0.15, 0.2) is 206 Å². The summed E-state index contributed by atoms with van der Waals surface area (Å²) in [6.07, 6.45) is 0. The molecule has 0 N–H and O–H groups in total. The molecule has 0 saturated carbocycles. The summed E-state index contributed by atoms with van der Waals surface area (Å²) < 4.78 is 0. The van der Waals surface area contributed by atoms with Crippen LogP contribution in [0.1, 0.15) is 0 Å². The molecule has 0 unspecified atom stereocenters. The molecule has 0 bridgehead atoms. The van der Waals surface area contributed by atoms with Gasteiger partial charge in [0.2, 0.25) is 0 Å². The van der Waals surface area contributed by atoms with Gasteiger partial charge in [-0.25, -0.2) is 0 Å². The minimum atomic E-state index is 1.22. The monoisotopic (exact) mass is 682 g/mol. The number of hydrogen-bond acceptors (Lipinski definition) is 0. The van der Waals surface area contributed by atoms with Gasteiger partial charge in [0.1, 0.15) is 0 Å². The van der Waals surface area contributed by atoms with E-state index in [-0.39, 0.29) is 0 Å². The zero-order valence-electron chi connectivity index (χ0n) is 29.6. The molecule has 0 heterocycles. The molecule has 0 radical (unpaired) electrons. The standard InChI is InChI=1S/C54H34/c1-4-16-35(17-5-1)38-32-39(36-18-6-2-7-19-36)34-40(33-38)51-45-24-12-13-25-47(45)54-50-31-30-43(42-23-11-10-22-41(42)37-20-8-3-9-21-37)44-26-14-27-46(52(44)50)48-28-15-29-49(51)53(48)54/h1-34H. The lowest BCUT2D eigenvalue weighted by molar-refractivity contribution is 1.58. The maximum atomic E-state index is 2.40. The van der Waals surface area contributed by atoms with Gasteiger partial charge >= 0.3 is 0 Å². The Morgan fingerprint density at radius 3 is 1.30 bits per heavy atom. The Bertz CT molecular complexity index is 3120. The highest BCUT2D eigenvalue weighted by molar-refractivity contribution is 6.41. The third kappa shape index (κ3) is 4.71. The smallest absolute Gasteiger partial charge is 0.00137 e. The van der Waals surface area contributed by atoms with Gasteiger partial charge in [0, 0.05) is 0 Å². The minimum Gasteiger partial charge on any atom is -0.0622 e. The fourth-order valence-electron chi connectivity index (χ4n) is 9.07. The van der Waals surface area contributed by atoms with Gasteiger partial charge in [0.25, 0.3) is 0 Å². The van der Waals surface area contributed by atoms with Crippen LogP contribution in [0.25, 0.3) is 109 Å². The van der Waals surface area contributed by atoms with E-state index in [4.69, 9.17) is 0 Å². The van der Waals surface area contributed by atoms with Gasteiger partial charge in [0.15, 0.2) is 0 Å². The van der Waals surface area contributed by atoms with Gasteiger partial charge in [-0.2, -0.15) is 0 Å². The molecule has 0 heteroatoms. The first-order valence-corrected chi connectivity index (χ1v) is 18.8. The van der Waals surface area contributed by atoms with Crippen molar-refractivity contribution in [3.05, 3.63) is 206 Å². The summed E-state index contributed by atoms with van der Waals surface area (Å²) in [6.45, 7) is 0. The van der Waals surface area contributed by atoms with Crippen molar-refractivity contribution in [1.29, 1.82) is 0 Å². The fraction of sp³-hybridized carbons (Fsp3) is 0. The van der Waals surface area contributed by atoms with E-state index in [1.54, 1.807) is 0 Å². The molecular formula is C54H34. The van der Waals surface area contributed by atoms with Gasteiger partial charge < -0.3 is 0 Å². The number of fused-ring (bicyclic) bond motifs is 4. The maximum absolute atomic E-state index is 2.40. The van der Waals surface area contributed by atoms with Crippen LogP contribution < -0.4 is 0 Å². The van der Waals surface area contributed by atoms with Crippen molar-refractivity contribution < 1.29 is 0 Å². The molecule has 0 aliphatic heterocycles. The Hall–Kier alpha value is -7.02. The predicted molar refractivity (Wildman–Crippen MR) is 232 cm³/mol. The number of rotatable bonds is 5. The van der Waals surface area contributed by atoms with Crippen LogP contribution in [0.3, 0.4) is 0 Å². The molecule has 0 saturated heterocycles. The van der Waals surface area contributed by atoms with Crippen LogP contribution in [0.5, 0.6) is 0 Å². The van der Waals surface area contributed by atoms with Gasteiger partial charge in [0.05, 0.1) is 0 Å². The number of benzene rings is 11. The molecule has 0 aromatic heterocycles. The second kappa shape index (κ2) is 12.3. The van der Waals surface area contributed by atoms with Crippen LogP contribution in [0.2, 0.25) is 0 Å². The van der Waals surface area contributed by atoms with Crippen molar-refractivity contribution >= 4 is 53.9 Å². The molecule has 0 amide bonds. The molecule has 11 aromatic carbocycles. The van der Waals surface area contributed by atoms with E-state index in [9.17, 15) is 0 Å². The van der Waals surface area contributed by atoms with Gasteiger partial charge in [-0.3, -0.25) is 0 Å². The molecule has 0 aliphatic carbocycles. The SMILES string of the molecule is c1ccc(-c2cc(-c3ccccc3)cc(-c3c4ccccc4c4c5ccc(-c6ccccc6-c6ccccc6)c6cccc(c7cccc3c74)c65)c2)cc1. The van der Waals surface area contributed by atoms with Crippen LogP contribution in [-0.4, -0.2) is 0 Å². The Morgan fingerprint density at radius 2 is 0.630 bits per heavy atom. The van der Waals surface area contributed by atoms with Crippen molar-refractivity contribution in [2.75, 3.05) is 0 Å². The van der Waals surface area contributed by atoms with E-state index in [0.29, 0.717) is 0 Å². The van der Waals surface area contributed by atoms with E-state index >= 15 is 0 Å². The van der Waals surface area contributed by atoms with Gasteiger partial charge in [-0.1, -0.05) is 188 Å². The molecule has 11 aromatic rings. The van der Waals surface area contributed by atoms with Crippen LogP contribution in [0.4, 0.5) is 0 Å². The summed E-state index contributed by atoms with van der Waals surface area (Å²) in [5.41, 5.74) is 12.4. The minimum absolute atomic E-state index is 1.22. The zero-order valence-corrected chi connectivity index (χ0v) is 29.6. The molecule has 11 rings (SSSR count). The Balaban J connectivity index is 1.25. The van der Waals surface area contributed by atoms with Crippen LogP contribution in [-0.2, 0) is 0 Å². The van der Waals surface area contributed by atoms with Gasteiger partial charge in [-0.15, -0.1) is 0 Å². The topological polar surface area (TPSA) is 0 Å². The van der Waals surface area contributed by atoms with Gasteiger partial charge in [-0.05, 0) is 128 Å². The molecule has 0 aliphatic rings. The van der Waals surface area contributed by atoms with E-state index in [0.717, 1.165) is 0 Å². The van der Waals surface area contributed by atoms with E-state index in [1.165, 1.54) is 109 Å². The lowest BCUT2D eigenvalue weighted by atomic mass is 9.81. The molecule has 0 spiro atoms. The maximum Gasteiger partial charge on any atom is -0.00137 e. The third-order valence-corrected chi connectivity index (χ3v) is 11.4. The fourth-order valence-corrected chi connectivity index (χ4v) is 9.07. The quantitative estimate of drug-likeness (QED) is 0.125. The molecule has 54 heavy (non-hydrogen) atoms. The van der Waals surface area contributed by atoms with Crippen LogP contribution in [0, 0.1) is 0 Å². The van der Waals surface area contributed by atoms with Crippen molar-refractivity contribution in [2.24, 2.45) is 0 Å². The summed E-state index contributed by atoms with van der Waals surface area (Å²) in [7, 11) is 0. The third-order valence-electron chi connectivity index (χ3n) is 11.4. The predicted octanol–water partition coefficient (Wildman–Crippen LogP) is 15.2. The van der Waals surface area contributed by atoms with E-state index in [2.05, 4.69) is 206 Å². The highest BCUT2D eigenvalue weighted by atomic mass is 14.2. The summed E-state index contributed by atoms with van der Waals surface area (Å²) >= 11 is 0. The highest BCUT2D eigenvalue weighted by Crippen LogP contribution is 2.50. The average Bonchev–Trinajstić information content (AvgIpc) is 3.25. The lowest BCUT2D eigenvalue weighted by Gasteiger charge is -2.22. The summed E-state index contributed by atoms with van der Waals surface area (Å²) in [6, 6.07) is 76.0. The Morgan fingerprint density at radius 1 is 0.185 bits per heavy atom. The van der Waals surface area contributed by atoms with Crippen molar-refractivity contribution in [3.63, 3.8) is 0 Å². The van der Waals surface area contributed by atoms with Crippen molar-refractivity contribution in [1.82, 2.24) is 0 Å². The summed E-state index contributed by atoms with van der Waals surface area (Å²) in [5, 5.41) is 13.0. The Labute approximate surface area is 314 Å². The second-order valence-electron chi connectivity index (χ2n) is 14.4. The first-order valence-electron chi connectivity index (χ1n) is 18.8. The van der Waals surface area contributed by atoms with Crippen molar-refractivity contribution in [2.45, 2.75) is 0 Å². The lowest BCUT2D eigenvalue weighted by Crippen LogP contribution is -1.94. The second-order valence-corrected chi connectivity index (χ2v) is 14.4.